The third kappa shape index (κ3) is 4.07. The minimum Gasteiger partial charge on any atom is -0.481 e. The van der Waals surface area contributed by atoms with Gasteiger partial charge in [0.2, 0.25) is 5.91 Å². The van der Waals surface area contributed by atoms with Crippen LogP contribution >= 0.6 is 0 Å². The maximum atomic E-state index is 12.5. The molecule has 0 aromatic heterocycles. The van der Waals surface area contributed by atoms with Crippen LogP contribution in [0.2, 0.25) is 0 Å². The zero-order chi connectivity index (χ0) is 18.0. The minimum atomic E-state index is -4.37. The molecule has 0 radical (unpaired) electrons. The predicted octanol–water partition coefficient (Wildman–Crippen LogP) is 3.57. The van der Waals surface area contributed by atoms with E-state index in [4.69, 9.17) is 0 Å². The first-order chi connectivity index (χ1) is 11.1. The van der Waals surface area contributed by atoms with Crippen LogP contribution in [0, 0.1) is 5.41 Å². The molecule has 1 atom stereocenters. The van der Waals surface area contributed by atoms with Gasteiger partial charge in [-0.05, 0) is 36.5 Å². The fourth-order valence-electron chi connectivity index (χ4n) is 2.83. The Balaban J connectivity index is 1.87. The average Bonchev–Trinajstić information content (AvgIpc) is 2.47. The minimum absolute atomic E-state index is 0.0535. The Labute approximate surface area is 138 Å². The smallest absolute Gasteiger partial charge is 0.416 e. The molecule has 0 bridgehead atoms. The molecule has 4 nitrogen and oxygen atoms in total. The van der Waals surface area contributed by atoms with Gasteiger partial charge in [0.05, 0.1) is 11.0 Å². The molecule has 0 spiro atoms. The van der Waals surface area contributed by atoms with Gasteiger partial charge in [-0.25, -0.2) is 0 Å². The second kappa shape index (κ2) is 6.83. The van der Waals surface area contributed by atoms with Crippen molar-refractivity contribution in [2.24, 2.45) is 5.41 Å². The van der Waals surface area contributed by atoms with E-state index in [0.717, 1.165) is 18.6 Å². The Kier molecular flexibility index (Phi) is 5.20. The molecule has 0 saturated heterocycles. The molecule has 1 amide bonds. The lowest BCUT2D eigenvalue weighted by atomic mass is 9.66. The maximum absolute atomic E-state index is 12.5. The van der Waals surface area contributed by atoms with Crippen LogP contribution in [0.4, 0.5) is 13.2 Å². The van der Waals surface area contributed by atoms with Gasteiger partial charge in [0.1, 0.15) is 0 Å². The number of amides is 1. The third-order valence-corrected chi connectivity index (χ3v) is 4.68. The van der Waals surface area contributed by atoms with E-state index in [-0.39, 0.29) is 24.8 Å². The van der Waals surface area contributed by atoms with E-state index in [1.807, 2.05) is 0 Å². The van der Waals surface area contributed by atoms with Crippen LogP contribution in [-0.4, -0.2) is 23.5 Å². The number of benzene rings is 1. The Morgan fingerprint density at radius 2 is 1.83 bits per heavy atom. The summed E-state index contributed by atoms with van der Waals surface area (Å²) < 4.78 is 37.6. The zero-order valence-electron chi connectivity index (χ0n) is 13.3. The molecule has 132 valence electrons. The van der Waals surface area contributed by atoms with Crippen LogP contribution in [0.25, 0.3) is 0 Å². The van der Waals surface area contributed by atoms with Gasteiger partial charge in [0, 0.05) is 13.0 Å². The number of carboxylic acids is 1. The lowest BCUT2D eigenvalue weighted by Gasteiger charge is -2.37. The Morgan fingerprint density at radius 3 is 2.25 bits per heavy atom. The van der Waals surface area contributed by atoms with E-state index in [0.29, 0.717) is 18.4 Å². The monoisotopic (exact) mass is 343 g/mol. The highest BCUT2D eigenvalue weighted by Crippen LogP contribution is 2.44. The van der Waals surface area contributed by atoms with Gasteiger partial charge in [-0.1, -0.05) is 25.5 Å². The third-order valence-electron chi connectivity index (χ3n) is 4.68. The summed E-state index contributed by atoms with van der Waals surface area (Å²) in [5.41, 5.74) is -0.974. The molecule has 1 aliphatic carbocycles. The van der Waals surface area contributed by atoms with Crippen LogP contribution in [0.1, 0.15) is 49.7 Å². The van der Waals surface area contributed by atoms with Crippen molar-refractivity contribution in [2.75, 3.05) is 6.54 Å². The second-order valence-electron chi connectivity index (χ2n) is 6.44. The number of alkyl halides is 3. The zero-order valence-corrected chi connectivity index (χ0v) is 13.3. The van der Waals surface area contributed by atoms with Gasteiger partial charge < -0.3 is 10.4 Å². The van der Waals surface area contributed by atoms with E-state index in [2.05, 4.69) is 5.32 Å². The summed E-state index contributed by atoms with van der Waals surface area (Å²) in [7, 11) is 0. The number of halogens is 3. The summed E-state index contributed by atoms with van der Waals surface area (Å²) in [5, 5.41) is 11.9. The number of carbonyl (C=O) groups excluding carboxylic acids is 1. The molecular weight excluding hydrogens is 323 g/mol. The average molecular weight is 343 g/mol. The highest BCUT2D eigenvalue weighted by molar-refractivity contribution is 5.85. The molecular formula is C17H20F3NO3. The predicted molar refractivity (Wildman–Crippen MR) is 81.4 cm³/mol. The van der Waals surface area contributed by atoms with Gasteiger partial charge in [0.25, 0.3) is 0 Å². The lowest BCUT2D eigenvalue weighted by Crippen LogP contribution is -2.43. The van der Waals surface area contributed by atoms with Crippen LogP contribution in [0.5, 0.6) is 0 Å². The molecule has 1 fully saturated rings. The van der Waals surface area contributed by atoms with Crippen LogP contribution in [0.15, 0.2) is 24.3 Å². The van der Waals surface area contributed by atoms with Crippen molar-refractivity contribution in [3.8, 4) is 0 Å². The molecule has 0 aliphatic heterocycles. The lowest BCUT2D eigenvalue weighted by molar-refractivity contribution is -0.157. The van der Waals surface area contributed by atoms with Gasteiger partial charge in [-0.15, -0.1) is 0 Å². The molecule has 1 aromatic rings. The molecule has 2 N–H and O–H groups in total. The van der Waals surface area contributed by atoms with Crippen molar-refractivity contribution < 1.29 is 27.9 Å². The number of carboxylic acid groups (broad SMARTS) is 1. The highest BCUT2D eigenvalue weighted by Gasteiger charge is 2.45. The van der Waals surface area contributed by atoms with Crippen LogP contribution < -0.4 is 5.32 Å². The number of nitrogens with one attached hydrogen (secondary N) is 1. The highest BCUT2D eigenvalue weighted by atomic mass is 19.4. The number of aliphatic carboxylic acids is 1. The number of hydrogen-bond acceptors (Lipinski definition) is 2. The molecule has 1 saturated carbocycles. The van der Waals surface area contributed by atoms with Gasteiger partial charge in [-0.3, -0.25) is 9.59 Å². The van der Waals surface area contributed by atoms with Crippen molar-refractivity contribution in [3.05, 3.63) is 35.4 Å². The van der Waals surface area contributed by atoms with Crippen LogP contribution in [-0.2, 0) is 15.8 Å². The molecule has 1 unspecified atom stereocenters. The Morgan fingerprint density at radius 1 is 1.25 bits per heavy atom. The quantitative estimate of drug-likeness (QED) is 0.830. The molecule has 2 rings (SSSR count). The van der Waals surface area contributed by atoms with Crippen molar-refractivity contribution >= 4 is 11.9 Å². The molecule has 0 heterocycles. The van der Waals surface area contributed by atoms with Gasteiger partial charge >= 0.3 is 12.1 Å². The number of rotatable bonds is 6. The van der Waals surface area contributed by atoms with Crippen molar-refractivity contribution in [3.63, 3.8) is 0 Å². The first-order valence-corrected chi connectivity index (χ1v) is 7.81. The summed E-state index contributed by atoms with van der Waals surface area (Å²) in [4.78, 5) is 23.2. The molecule has 7 heteroatoms. The van der Waals surface area contributed by atoms with Gasteiger partial charge in [0.15, 0.2) is 0 Å². The largest absolute Gasteiger partial charge is 0.481 e. The molecule has 1 aliphatic rings. The van der Waals surface area contributed by atoms with E-state index >= 15 is 0 Å². The topological polar surface area (TPSA) is 66.4 Å². The number of carbonyl (C=O) groups is 2. The fourth-order valence-corrected chi connectivity index (χ4v) is 2.83. The Hall–Kier alpha value is -2.05. The summed E-state index contributed by atoms with van der Waals surface area (Å²) in [5.74, 6) is -1.45. The van der Waals surface area contributed by atoms with Crippen molar-refractivity contribution in [1.29, 1.82) is 0 Å². The maximum Gasteiger partial charge on any atom is 0.416 e. The van der Waals surface area contributed by atoms with E-state index in [1.165, 1.54) is 12.1 Å². The first kappa shape index (κ1) is 18.3. The second-order valence-corrected chi connectivity index (χ2v) is 6.44. The standard InChI is InChI=1S/C17H20F3NO3/c1-11(12-3-5-13(6-4-12)17(18,19)20)10-21-14(22)9-16(15(23)24)7-2-8-16/h3-6,11H,2,7-10H2,1H3,(H,21,22)(H,23,24). The fraction of sp³-hybridized carbons (Fsp3) is 0.529. The first-order valence-electron chi connectivity index (χ1n) is 7.81. The van der Waals surface area contributed by atoms with Gasteiger partial charge in [-0.2, -0.15) is 13.2 Å². The normalized spacial score (nSPS) is 17.7. The number of hydrogen-bond donors (Lipinski definition) is 2. The van der Waals surface area contributed by atoms with E-state index in [9.17, 15) is 27.9 Å². The van der Waals surface area contributed by atoms with Crippen LogP contribution in [0.3, 0.4) is 0 Å². The van der Waals surface area contributed by atoms with E-state index in [1.54, 1.807) is 6.92 Å². The SMILES string of the molecule is CC(CNC(=O)CC1(C(=O)O)CCC1)c1ccc(C(F)(F)F)cc1. The molecule has 24 heavy (non-hydrogen) atoms. The summed E-state index contributed by atoms with van der Waals surface area (Å²) in [6.45, 7) is 2.04. The van der Waals surface area contributed by atoms with E-state index < -0.39 is 23.1 Å². The summed E-state index contributed by atoms with van der Waals surface area (Å²) in [6.07, 6.45) is -2.61. The summed E-state index contributed by atoms with van der Waals surface area (Å²) >= 11 is 0. The Bertz CT molecular complexity index is 607. The van der Waals surface area contributed by atoms with Crippen molar-refractivity contribution in [2.45, 2.75) is 44.7 Å². The summed E-state index contributed by atoms with van der Waals surface area (Å²) in [6, 6.07) is 4.82. The van der Waals surface area contributed by atoms with Crippen molar-refractivity contribution in [1.82, 2.24) is 5.32 Å². The molecule has 1 aromatic carbocycles.